The van der Waals surface area contributed by atoms with E-state index in [0.717, 1.165) is 55.7 Å². The average molecular weight is 766 g/mol. The number of hydrogen-bond donors (Lipinski definition) is 0. The summed E-state index contributed by atoms with van der Waals surface area (Å²) in [5, 5.41) is 4.77. The zero-order valence-electron chi connectivity index (χ0n) is 32.9. The van der Waals surface area contributed by atoms with Gasteiger partial charge >= 0.3 is 0 Å². The van der Waals surface area contributed by atoms with Crippen LogP contribution in [0, 0.1) is 0 Å². The average Bonchev–Trinajstić information content (AvgIpc) is 3.72. The molecule has 0 aliphatic heterocycles. The largest absolute Gasteiger partial charge is 0.456 e. The lowest BCUT2D eigenvalue weighted by atomic mass is 9.94. The Morgan fingerprint density at radius 1 is 0.267 bits per heavy atom. The first-order valence-electron chi connectivity index (χ1n) is 20.5. The minimum atomic E-state index is 0.898. The molecular formula is C58H39NO. The zero-order valence-corrected chi connectivity index (χ0v) is 32.9. The predicted molar refractivity (Wildman–Crippen MR) is 253 cm³/mol. The number of anilines is 3. The van der Waals surface area contributed by atoms with Crippen LogP contribution in [-0.4, -0.2) is 0 Å². The molecule has 0 atom stereocenters. The van der Waals surface area contributed by atoms with E-state index in [1.54, 1.807) is 0 Å². The van der Waals surface area contributed by atoms with E-state index < -0.39 is 0 Å². The summed E-state index contributed by atoms with van der Waals surface area (Å²) in [6.45, 7) is 0. The number of hydrogen-bond acceptors (Lipinski definition) is 2. The molecule has 10 aromatic carbocycles. The number of rotatable bonds is 8. The lowest BCUT2D eigenvalue weighted by Gasteiger charge is -2.27. The summed E-state index contributed by atoms with van der Waals surface area (Å²) in [5.41, 5.74) is 16.9. The van der Waals surface area contributed by atoms with E-state index in [-0.39, 0.29) is 0 Å². The lowest BCUT2D eigenvalue weighted by molar-refractivity contribution is 0.669. The Labute approximate surface area is 349 Å². The van der Waals surface area contributed by atoms with Gasteiger partial charge in [-0.2, -0.15) is 0 Å². The molecule has 0 radical (unpaired) electrons. The fourth-order valence-corrected chi connectivity index (χ4v) is 8.72. The third-order valence-electron chi connectivity index (χ3n) is 11.7. The van der Waals surface area contributed by atoms with E-state index in [9.17, 15) is 0 Å². The van der Waals surface area contributed by atoms with Crippen LogP contribution in [0.4, 0.5) is 17.1 Å². The summed E-state index contributed by atoms with van der Waals surface area (Å²) < 4.78 is 6.25. The highest BCUT2D eigenvalue weighted by Gasteiger charge is 2.17. The number of nitrogens with zero attached hydrogens (tertiary/aromatic N) is 1. The van der Waals surface area contributed by atoms with Crippen molar-refractivity contribution in [2.75, 3.05) is 4.90 Å². The summed E-state index contributed by atoms with van der Waals surface area (Å²) in [6, 6.07) is 84.9. The van der Waals surface area contributed by atoms with Crippen LogP contribution in [0.2, 0.25) is 0 Å². The van der Waals surface area contributed by atoms with Gasteiger partial charge in [-0.15, -0.1) is 0 Å². The van der Waals surface area contributed by atoms with Crippen molar-refractivity contribution < 1.29 is 4.42 Å². The van der Waals surface area contributed by atoms with E-state index in [4.69, 9.17) is 4.42 Å². The van der Waals surface area contributed by atoms with Crippen LogP contribution in [-0.2, 0) is 0 Å². The van der Waals surface area contributed by atoms with E-state index in [1.165, 1.54) is 49.7 Å². The highest BCUT2D eigenvalue weighted by atomic mass is 16.3. The molecular weight excluding hydrogens is 727 g/mol. The zero-order chi connectivity index (χ0) is 39.8. The van der Waals surface area contributed by atoms with Crippen molar-refractivity contribution >= 4 is 49.8 Å². The van der Waals surface area contributed by atoms with Crippen molar-refractivity contribution in [3.63, 3.8) is 0 Å². The second kappa shape index (κ2) is 15.1. The number of benzene rings is 10. The highest BCUT2D eigenvalue weighted by Crippen LogP contribution is 2.42. The predicted octanol–water partition coefficient (Wildman–Crippen LogP) is 16.5. The fourth-order valence-electron chi connectivity index (χ4n) is 8.72. The summed E-state index contributed by atoms with van der Waals surface area (Å²) in [7, 11) is 0. The summed E-state index contributed by atoms with van der Waals surface area (Å²) >= 11 is 0. The molecule has 0 fully saturated rings. The van der Waals surface area contributed by atoms with Gasteiger partial charge in [-0.25, -0.2) is 0 Å². The van der Waals surface area contributed by atoms with Crippen LogP contribution in [0.25, 0.3) is 88.3 Å². The Bertz CT molecular complexity index is 3310. The van der Waals surface area contributed by atoms with Crippen LogP contribution >= 0.6 is 0 Å². The first-order valence-corrected chi connectivity index (χ1v) is 20.5. The molecule has 60 heavy (non-hydrogen) atoms. The molecule has 2 nitrogen and oxygen atoms in total. The SMILES string of the molecule is c1ccc(-c2ccccc2-c2cccc(N(c3ccc(-c4cccc(-c5ccc6ccccc6c5)c4)cc3)c3ccc(-c4cccc5oc6ccccc6c45)cc3)c2)cc1. The third-order valence-corrected chi connectivity index (χ3v) is 11.7. The first kappa shape index (κ1) is 35.2. The van der Waals surface area contributed by atoms with Crippen molar-refractivity contribution in [2.24, 2.45) is 0 Å². The summed E-state index contributed by atoms with van der Waals surface area (Å²) in [5.74, 6) is 0. The van der Waals surface area contributed by atoms with Crippen molar-refractivity contribution in [3.8, 4) is 55.6 Å². The van der Waals surface area contributed by atoms with E-state index in [2.05, 4.69) is 229 Å². The topological polar surface area (TPSA) is 16.4 Å². The van der Waals surface area contributed by atoms with Crippen molar-refractivity contribution in [2.45, 2.75) is 0 Å². The highest BCUT2D eigenvalue weighted by molar-refractivity contribution is 6.12. The van der Waals surface area contributed by atoms with E-state index >= 15 is 0 Å². The third kappa shape index (κ3) is 6.51. The first-order chi connectivity index (χ1) is 29.7. The van der Waals surface area contributed by atoms with Crippen LogP contribution in [0.5, 0.6) is 0 Å². The van der Waals surface area contributed by atoms with Gasteiger partial charge in [0.2, 0.25) is 0 Å². The molecule has 1 aromatic heterocycles. The van der Waals surface area contributed by atoms with Crippen molar-refractivity contribution in [1.82, 2.24) is 0 Å². The maximum Gasteiger partial charge on any atom is 0.136 e. The standard InChI is InChI=1S/C58H39NO/c1-2-14-42(15-3-1)52-21-6-7-22-53(52)48-19-11-20-51(39-48)59(50-35-31-43(32-36-50)54-24-12-26-57-58(54)55-23-8-9-25-56(55)60-57)49-33-29-41(30-34-49)45-17-10-18-46(37-45)47-28-27-40-13-4-5-16-44(40)38-47/h1-39H. The Balaban J connectivity index is 0.995. The Morgan fingerprint density at radius 3 is 1.58 bits per heavy atom. The molecule has 2 heteroatoms. The van der Waals surface area contributed by atoms with Crippen molar-refractivity contribution in [3.05, 3.63) is 237 Å². The van der Waals surface area contributed by atoms with Gasteiger partial charge < -0.3 is 9.32 Å². The molecule has 0 N–H and O–H groups in total. The molecule has 0 bridgehead atoms. The lowest BCUT2D eigenvalue weighted by Crippen LogP contribution is -2.10. The summed E-state index contributed by atoms with van der Waals surface area (Å²) in [6.07, 6.45) is 0. The quantitative estimate of drug-likeness (QED) is 0.153. The van der Waals surface area contributed by atoms with Crippen LogP contribution < -0.4 is 4.90 Å². The molecule has 1 heterocycles. The van der Waals surface area contributed by atoms with Gasteiger partial charge in [-0.1, -0.05) is 176 Å². The molecule has 0 saturated heterocycles. The normalized spacial score (nSPS) is 11.3. The maximum atomic E-state index is 6.25. The van der Waals surface area contributed by atoms with Gasteiger partial charge in [-0.05, 0) is 127 Å². The van der Waals surface area contributed by atoms with Crippen LogP contribution in [0.1, 0.15) is 0 Å². The smallest absolute Gasteiger partial charge is 0.136 e. The van der Waals surface area contributed by atoms with Crippen LogP contribution in [0.3, 0.4) is 0 Å². The Hall–Kier alpha value is -7.94. The van der Waals surface area contributed by atoms with Gasteiger partial charge in [0, 0.05) is 27.8 Å². The van der Waals surface area contributed by atoms with E-state index in [1.807, 2.05) is 12.1 Å². The minimum absolute atomic E-state index is 0.898. The second-order valence-electron chi connectivity index (χ2n) is 15.3. The van der Waals surface area contributed by atoms with E-state index in [0.29, 0.717) is 0 Å². The number of para-hydroxylation sites is 1. The molecule has 11 rings (SSSR count). The second-order valence-corrected chi connectivity index (χ2v) is 15.3. The fraction of sp³-hybridized carbons (Fsp3) is 0. The molecule has 0 aliphatic rings. The number of furan rings is 1. The molecule has 0 saturated carbocycles. The molecule has 0 spiro atoms. The molecule has 11 aromatic rings. The Morgan fingerprint density at radius 2 is 0.783 bits per heavy atom. The molecule has 0 aliphatic carbocycles. The number of fused-ring (bicyclic) bond motifs is 4. The van der Waals surface area contributed by atoms with Gasteiger partial charge in [0.1, 0.15) is 11.2 Å². The van der Waals surface area contributed by atoms with Gasteiger partial charge in [0.15, 0.2) is 0 Å². The minimum Gasteiger partial charge on any atom is -0.456 e. The van der Waals surface area contributed by atoms with Gasteiger partial charge in [-0.3, -0.25) is 0 Å². The van der Waals surface area contributed by atoms with Crippen LogP contribution in [0.15, 0.2) is 241 Å². The van der Waals surface area contributed by atoms with Crippen molar-refractivity contribution in [1.29, 1.82) is 0 Å². The molecule has 0 amide bonds. The van der Waals surface area contributed by atoms with Gasteiger partial charge in [0.05, 0.1) is 0 Å². The molecule has 0 unspecified atom stereocenters. The monoisotopic (exact) mass is 765 g/mol. The maximum absolute atomic E-state index is 6.25. The van der Waals surface area contributed by atoms with Gasteiger partial charge in [0.25, 0.3) is 0 Å². The molecule has 282 valence electrons. The Kier molecular flexibility index (Phi) is 8.87. The summed E-state index contributed by atoms with van der Waals surface area (Å²) in [4.78, 5) is 2.36.